The molecule has 0 fully saturated rings. The molecule has 0 radical (unpaired) electrons. The van der Waals surface area contributed by atoms with Crippen LogP contribution in [0.15, 0.2) is 4.99 Å². The van der Waals surface area contributed by atoms with Crippen LogP contribution in [0.2, 0.25) is 0 Å². The molecule has 0 aromatic rings. The standard InChI is InChI=1S/C24H44N8O8/c1-13(2)19(23(39)40)32-22(38)17(9-10-18(34)35)31-21(37)16(7-4-5-11-25)30-20(36)15(29-14(3)33)8-6-12-28-24(26)27/h13,15-17,19H,4-12,25H2,1-3H3,(H,29,33)(H,30,36)(H,31,37)(H,32,38)(H,34,35)(H,39,40)(H4,26,27,28)/t15-,16-,17-,19-/m0/s1. The van der Waals surface area contributed by atoms with Crippen LogP contribution in [0.5, 0.6) is 0 Å². The van der Waals surface area contributed by atoms with Gasteiger partial charge in [0.15, 0.2) is 5.96 Å². The van der Waals surface area contributed by atoms with Gasteiger partial charge in [0, 0.05) is 19.9 Å². The second-order valence-corrected chi connectivity index (χ2v) is 9.61. The third kappa shape index (κ3) is 15.5. The number of carboxylic acid groups (broad SMARTS) is 2. The molecule has 0 aromatic heterocycles. The summed E-state index contributed by atoms with van der Waals surface area (Å²) >= 11 is 0. The number of rotatable bonds is 20. The lowest BCUT2D eigenvalue weighted by atomic mass is 10.0. The zero-order chi connectivity index (χ0) is 30.8. The number of guanidine groups is 1. The first-order chi connectivity index (χ1) is 18.7. The highest BCUT2D eigenvalue weighted by Crippen LogP contribution is 2.08. The quantitative estimate of drug-likeness (QED) is 0.0426. The number of aliphatic imine (C=N–C) groups is 1. The molecule has 4 atom stereocenters. The van der Waals surface area contributed by atoms with Crippen molar-refractivity contribution in [3.8, 4) is 0 Å². The molecule has 0 aliphatic carbocycles. The van der Waals surface area contributed by atoms with Crippen molar-refractivity contribution in [3.05, 3.63) is 0 Å². The van der Waals surface area contributed by atoms with Crippen molar-refractivity contribution in [3.63, 3.8) is 0 Å². The monoisotopic (exact) mass is 572 g/mol. The highest BCUT2D eigenvalue weighted by atomic mass is 16.4. The Bertz CT molecular complexity index is 907. The van der Waals surface area contributed by atoms with Gasteiger partial charge < -0.3 is 48.7 Å². The van der Waals surface area contributed by atoms with E-state index in [-0.39, 0.29) is 31.8 Å². The lowest BCUT2D eigenvalue weighted by Gasteiger charge is -2.26. The fourth-order valence-electron chi connectivity index (χ4n) is 3.63. The Morgan fingerprint density at radius 3 is 1.70 bits per heavy atom. The average molecular weight is 573 g/mol. The van der Waals surface area contributed by atoms with Crippen LogP contribution in [0.1, 0.15) is 65.7 Å². The number of aliphatic carboxylic acids is 2. The Hall–Kier alpha value is -3.95. The molecule has 0 aliphatic rings. The van der Waals surface area contributed by atoms with E-state index in [4.69, 9.17) is 22.3 Å². The smallest absolute Gasteiger partial charge is 0.326 e. The Morgan fingerprint density at radius 2 is 1.25 bits per heavy atom. The third-order valence-electron chi connectivity index (χ3n) is 5.73. The summed E-state index contributed by atoms with van der Waals surface area (Å²) in [5.41, 5.74) is 16.1. The number of amides is 4. The lowest BCUT2D eigenvalue weighted by Crippen LogP contribution is -2.58. The number of nitrogens with two attached hydrogens (primary N) is 3. The van der Waals surface area contributed by atoms with E-state index >= 15 is 0 Å². The molecule has 228 valence electrons. The van der Waals surface area contributed by atoms with Crippen molar-refractivity contribution < 1.29 is 39.0 Å². The van der Waals surface area contributed by atoms with Crippen LogP contribution in [0.3, 0.4) is 0 Å². The third-order valence-corrected chi connectivity index (χ3v) is 5.73. The van der Waals surface area contributed by atoms with E-state index in [1.54, 1.807) is 13.8 Å². The minimum absolute atomic E-state index is 0.123. The van der Waals surface area contributed by atoms with E-state index in [9.17, 15) is 33.9 Å². The second-order valence-electron chi connectivity index (χ2n) is 9.61. The molecule has 0 rings (SSSR count). The number of hydrogen-bond donors (Lipinski definition) is 9. The molecule has 40 heavy (non-hydrogen) atoms. The molecule has 16 nitrogen and oxygen atoms in total. The maximum atomic E-state index is 13.2. The fourth-order valence-corrected chi connectivity index (χ4v) is 3.63. The molecular formula is C24H44N8O8. The van der Waals surface area contributed by atoms with Crippen molar-refractivity contribution in [2.75, 3.05) is 13.1 Å². The summed E-state index contributed by atoms with van der Waals surface area (Å²) in [4.78, 5) is 77.3. The number of carbonyl (C=O) groups excluding carboxylic acids is 4. The lowest BCUT2D eigenvalue weighted by molar-refractivity contribution is -0.144. The van der Waals surface area contributed by atoms with Gasteiger partial charge in [0.2, 0.25) is 23.6 Å². The molecule has 0 saturated carbocycles. The first kappa shape index (κ1) is 36.0. The Kier molecular flexibility index (Phi) is 17.3. The normalized spacial score (nSPS) is 13.7. The molecule has 0 spiro atoms. The summed E-state index contributed by atoms with van der Waals surface area (Å²) in [7, 11) is 0. The van der Waals surface area contributed by atoms with Crippen LogP contribution < -0.4 is 38.5 Å². The van der Waals surface area contributed by atoms with Gasteiger partial charge in [-0.3, -0.25) is 29.0 Å². The highest BCUT2D eigenvalue weighted by molar-refractivity contribution is 5.95. The number of unbranched alkanes of at least 4 members (excludes halogenated alkanes) is 1. The van der Waals surface area contributed by atoms with Crippen molar-refractivity contribution >= 4 is 41.5 Å². The number of carboxylic acids is 2. The van der Waals surface area contributed by atoms with Crippen molar-refractivity contribution in [2.24, 2.45) is 28.1 Å². The molecule has 0 aliphatic heterocycles. The van der Waals surface area contributed by atoms with Crippen molar-refractivity contribution in [1.29, 1.82) is 0 Å². The van der Waals surface area contributed by atoms with Crippen LogP contribution >= 0.6 is 0 Å². The van der Waals surface area contributed by atoms with Gasteiger partial charge in [-0.1, -0.05) is 13.8 Å². The molecule has 4 amide bonds. The Labute approximate surface area is 233 Å². The summed E-state index contributed by atoms with van der Waals surface area (Å²) in [6, 6.07) is -4.82. The second kappa shape index (κ2) is 19.2. The molecule has 12 N–H and O–H groups in total. The number of nitrogens with zero attached hydrogens (tertiary/aromatic N) is 1. The van der Waals surface area contributed by atoms with E-state index in [1.165, 1.54) is 6.92 Å². The van der Waals surface area contributed by atoms with Crippen molar-refractivity contribution in [2.45, 2.75) is 89.9 Å². The van der Waals surface area contributed by atoms with E-state index in [0.29, 0.717) is 25.8 Å². The van der Waals surface area contributed by atoms with Gasteiger partial charge >= 0.3 is 11.9 Å². The zero-order valence-corrected chi connectivity index (χ0v) is 23.3. The van der Waals surface area contributed by atoms with Crippen LogP contribution in [-0.2, 0) is 28.8 Å². The highest BCUT2D eigenvalue weighted by Gasteiger charge is 2.32. The van der Waals surface area contributed by atoms with Crippen molar-refractivity contribution in [1.82, 2.24) is 21.3 Å². The summed E-state index contributed by atoms with van der Waals surface area (Å²) < 4.78 is 0. The van der Waals surface area contributed by atoms with E-state index < -0.39 is 72.1 Å². The van der Waals surface area contributed by atoms with E-state index in [2.05, 4.69) is 26.3 Å². The largest absolute Gasteiger partial charge is 0.481 e. The van der Waals surface area contributed by atoms with Crippen LogP contribution in [0, 0.1) is 5.92 Å². The minimum Gasteiger partial charge on any atom is -0.481 e. The summed E-state index contributed by atoms with van der Waals surface area (Å²) in [5.74, 6) is -5.92. The summed E-state index contributed by atoms with van der Waals surface area (Å²) in [6.07, 6.45) is 0.803. The summed E-state index contributed by atoms with van der Waals surface area (Å²) in [5, 5.41) is 28.4. The Morgan fingerprint density at radius 1 is 0.750 bits per heavy atom. The maximum Gasteiger partial charge on any atom is 0.326 e. The topological polar surface area (TPSA) is 281 Å². The van der Waals surface area contributed by atoms with Gasteiger partial charge in [0.25, 0.3) is 0 Å². The summed E-state index contributed by atoms with van der Waals surface area (Å²) in [6.45, 7) is 4.93. The first-order valence-corrected chi connectivity index (χ1v) is 13.1. The van der Waals surface area contributed by atoms with Crippen LogP contribution in [0.25, 0.3) is 0 Å². The average Bonchev–Trinajstić information content (AvgIpc) is 2.84. The molecule has 0 heterocycles. The number of carbonyl (C=O) groups is 6. The van der Waals surface area contributed by atoms with Gasteiger partial charge in [0.05, 0.1) is 0 Å². The number of hydrogen-bond acceptors (Lipinski definition) is 8. The molecule has 0 bridgehead atoms. The Balaban J connectivity index is 5.79. The molecular weight excluding hydrogens is 528 g/mol. The van der Waals surface area contributed by atoms with Gasteiger partial charge in [0.1, 0.15) is 24.2 Å². The molecule has 0 saturated heterocycles. The molecule has 0 unspecified atom stereocenters. The van der Waals surface area contributed by atoms with Crippen LogP contribution in [-0.4, -0.2) is 89.0 Å². The zero-order valence-electron chi connectivity index (χ0n) is 23.3. The molecule has 0 aromatic carbocycles. The fraction of sp³-hybridized carbons (Fsp3) is 0.708. The predicted octanol–water partition coefficient (Wildman–Crippen LogP) is -2.27. The molecule has 16 heteroatoms. The maximum absolute atomic E-state index is 13.2. The van der Waals surface area contributed by atoms with Gasteiger partial charge in [-0.2, -0.15) is 0 Å². The number of nitrogens with one attached hydrogen (secondary N) is 4. The first-order valence-electron chi connectivity index (χ1n) is 13.1. The van der Waals surface area contributed by atoms with E-state index in [1.807, 2.05) is 0 Å². The SMILES string of the molecule is CC(=O)N[C@@H](CCCN=C(N)N)C(=O)N[C@@H](CCCCN)C(=O)N[C@@H](CCC(=O)O)C(=O)N[C@H](C(=O)O)C(C)C. The van der Waals surface area contributed by atoms with E-state index in [0.717, 1.165) is 0 Å². The minimum atomic E-state index is -1.39. The van der Waals surface area contributed by atoms with Gasteiger partial charge in [-0.05, 0) is 51.0 Å². The van der Waals surface area contributed by atoms with Crippen LogP contribution in [0.4, 0.5) is 0 Å². The predicted molar refractivity (Wildman–Crippen MR) is 146 cm³/mol. The van der Waals surface area contributed by atoms with Gasteiger partial charge in [-0.15, -0.1) is 0 Å². The van der Waals surface area contributed by atoms with Gasteiger partial charge in [-0.25, -0.2) is 4.79 Å².